The molecule has 14 heteroatoms. The quantitative estimate of drug-likeness (QED) is 0.0150. The highest BCUT2D eigenvalue weighted by Crippen LogP contribution is 2.44. The number of rotatable bonds is 46. The molecule has 0 aliphatic heterocycles. The number of unbranched alkanes of at least 4 members (excludes halogenated alkanes) is 24. The summed E-state index contributed by atoms with van der Waals surface area (Å²) in [6.45, 7) is 14.8. The lowest BCUT2D eigenvalue weighted by Crippen LogP contribution is -2.34. The molecule has 0 aromatic heterocycles. The van der Waals surface area contributed by atoms with Crippen LogP contribution in [0.4, 0.5) is 4.79 Å². The molecule has 0 fully saturated rings. The van der Waals surface area contributed by atoms with Gasteiger partial charge in [0.2, 0.25) is 0 Å². The molecule has 0 spiro atoms. The maximum atomic E-state index is 13.7. The Balaban J connectivity index is 2.00. The summed E-state index contributed by atoms with van der Waals surface area (Å²) in [6.07, 6.45) is 33.0. The number of hydrogen-bond acceptors (Lipinski definition) is 14. The first-order chi connectivity index (χ1) is 38.5. The summed E-state index contributed by atoms with van der Waals surface area (Å²) in [5.74, 6) is -4.44. The van der Waals surface area contributed by atoms with Crippen LogP contribution < -0.4 is 9.47 Å². The number of ketones is 1. The topological polar surface area (TPSA) is 184 Å². The average Bonchev–Trinajstić information content (AvgIpc) is 3.84. The van der Waals surface area contributed by atoms with Gasteiger partial charge in [-0.05, 0) is 75.3 Å². The van der Waals surface area contributed by atoms with Crippen molar-refractivity contribution in [2.45, 2.75) is 280 Å². The first kappa shape index (κ1) is 71.4. The molecule has 4 unspecified atom stereocenters. The van der Waals surface area contributed by atoms with Crippen LogP contribution in [0.5, 0.6) is 11.5 Å². The predicted octanol–water partition coefficient (Wildman–Crippen LogP) is 16.5. The smallest absolute Gasteiger partial charge is 0.496 e. The Morgan fingerprint density at radius 1 is 0.537 bits per heavy atom. The molecule has 0 saturated carbocycles. The summed E-state index contributed by atoms with van der Waals surface area (Å²) in [7, 11) is 2.82. The molecule has 1 aliphatic carbocycles. The summed E-state index contributed by atoms with van der Waals surface area (Å²) < 4.78 is 38.7. The van der Waals surface area contributed by atoms with Crippen molar-refractivity contribution >= 4 is 41.8 Å². The van der Waals surface area contributed by atoms with Crippen LogP contribution in [0.3, 0.4) is 0 Å². The third kappa shape index (κ3) is 29.3. The van der Waals surface area contributed by atoms with Gasteiger partial charge in [0.05, 0.1) is 31.6 Å². The fourth-order valence-corrected chi connectivity index (χ4v) is 10.5. The Hall–Kier alpha value is -4.75. The average molecular weight is 1130 g/mol. The van der Waals surface area contributed by atoms with Crippen LogP contribution >= 0.6 is 0 Å². The van der Waals surface area contributed by atoms with Gasteiger partial charge in [-0.15, -0.1) is 0 Å². The fourth-order valence-electron chi connectivity index (χ4n) is 10.5. The molecule has 80 heavy (non-hydrogen) atoms. The van der Waals surface area contributed by atoms with Crippen LogP contribution in [0.2, 0.25) is 0 Å². The third-order valence-electron chi connectivity index (χ3n) is 16.2. The molecular formula is C66H108O14. The van der Waals surface area contributed by atoms with Gasteiger partial charge in [-0.2, -0.15) is 0 Å². The van der Waals surface area contributed by atoms with Crippen molar-refractivity contribution in [2.24, 2.45) is 23.7 Å². The molecule has 0 saturated heterocycles. The number of esters is 5. The second-order valence-electron chi connectivity index (χ2n) is 23.0. The lowest BCUT2D eigenvalue weighted by molar-refractivity contribution is -0.170. The number of fused-ring (bicyclic) bond motifs is 1. The van der Waals surface area contributed by atoms with Crippen molar-refractivity contribution in [1.29, 1.82) is 0 Å². The Morgan fingerprint density at radius 3 is 1.41 bits per heavy atom. The van der Waals surface area contributed by atoms with Crippen LogP contribution in [0.25, 0.3) is 0 Å². The summed E-state index contributed by atoms with van der Waals surface area (Å²) in [4.78, 5) is 91.6. The Kier molecular flexibility index (Phi) is 38.4. The van der Waals surface area contributed by atoms with Gasteiger partial charge in [0.1, 0.15) is 19.0 Å². The second kappa shape index (κ2) is 43.0. The highest BCUT2D eigenvalue weighted by molar-refractivity contribution is 6.05. The van der Waals surface area contributed by atoms with Crippen molar-refractivity contribution < 1.29 is 66.7 Å². The number of benzene rings is 1. The van der Waals surface area contributed by atoms with E-state index in [1.807, 2.05) is 33.8 Å². The van der Waals surface area contributed by atoms with Gasteiger partial charge in [0.15, 0.2) is 17.6 Å². The number of carbonyl (C=O) groups excluding carboxylic acids is 7. The number of Topliss-reactive ketones (excluding diaryl/α,β-unsaturated/α-hetero) is 1. The largest absolute Gasteiger partial charge is 0.521 e. The van der Waals surface area contributed by atoms with Gasteiger partial charge in [-0.1, -0.05) is 207 Å². The monoisotopic (exact) mass is 1120 g/mol. The van der Waals surface area contributed by atoms with Crippen LogP contribution in [-0.4, -0.2) is 75.3 Å². The Bertz CT molecular complexity index is 1980. The number of hydrogen-bond donors (Lipinski definition) is 0. The number of methoxy groups -OCH3 is 2. The van der Waals surface area contributed by atoms with E-state index in [1.54, 1.807) is 13.8 Å². The summed E-state index contributed by atoms with van der Waals surface area (Å²) >= 11 is 0. The van der Waals surface area contributed by atoms with Crippen molar-refractivity contribution in [1.82, 2.24) is 0 Å². The zero-order chi connectivity index (χ0) is 59.1. The van der Waals surface area contributed by atoms with E-state index in [2.05, 4.69) is 13.8 Å². The predicted molar refractivity (Wildman–Crippen MR) is 315 cm³/mol. The van der Waals surface area contributed by atoms with E-state index < -0.39 is 36.0 Å². The number of ether oxygens (including phenoxy) is 7. The van der Waals surface area contributed by atoms with Crippen molar-refractivity contribution in [3.05, 3.63) is 33.9 Å². The van der Waals surface area contributed by atoms with E-state index in [0.717, 1.165) is 49.7 Å². The summed E-state index contributed by atoms with van der Waals surface area (Å²) in [6, 6.07) is 0. The minimum Gasteiger partial charge on any atom is -0.496 e. The van der Waals surface area contributed by atoms with E-state index >= 15 is 0 Å². The minimum absolute atomic E-state index is 0.0195. The molecule has 0 N–H and O–H groups in total. The normalized spacial score (nSPS) is 13.8. The second-order valence-corrected chi connectivity index (χ2v) is 23.0. The molecule has 4 atom stereocenters. The van der Waals surface area contributed by atoms with E-state index in [0.29, 0.717) is 49.0 Å². The third-order valence-corrected chi connectivity index (χ3v) is 16.2. The first-order valence-electron chi connectivity index (χ1n) is 31.4. The maximum Gasteiger partial charge on any atom is 0.521 e. The molecule has 1 aliphatic rings. The number of allylic oxidation sites excluding steroid dienone is 2. The Labute approximate surface area is 483 Å². The van der Waals surface area contributed by atoms with E-state index in [9.17, 15) is 33.6 Å². The zero-order valence-electron chi connectivity index (χ0n) is 51.6. The molecule has 0 heterocycles. The van der Waals surface area contributed by atoms with Gasteiger partial charge < -0.3 is 33.2 Å². The number of carbonyl (C=O) groups is 7. The highest BCUT2D eigenvalue weighted by atomic mass is 16.7. The van der Waals surface area contributed by atoms with Gasteiger partial charge in [0.25, 0.3) is 0 Å². The lowest BCUT2D eigenvalue weighted by Gasteiger charge is -2.26. The molecule has 1 aromatic rings. The lowest BCUT2D eigenvalue weighted by atomic mass is 9.82. The SMILES string of the molecule is CCCCCCCCCCCCCCCC(=O)OCC(COC(=O)CCCCCCCCCCCCCCC)OC(=O)C(C)C(C)CC(C)C(C)C(=O)OC(=O)Oc1c(C/C=C(\C)CCC(=O)OC)c(OC)c(C)c2c1C(=O)CC2. The van der Waals surface area contributed by atoms with Gasteiger partial charge in [0, 0.05) is 31.2 Å². The minimum atomic E-state index is -1.29. The maximum absolute atomic E-state index is 13.7. The van der Waals surface area contributed by atoms with Crippen molar-refractivity contribution in [2.75, 3.05) is 27.4 Å². The van der Waals surface area contributed by atoms with Crippen molar-refractivity contribution in [3.63, 3.8) is 0 Å². The van der Waals surface area contributed by atoms with Gasteiger partial charge in [-0.3, -0.25) is 28.8 Å². The van der Waals surface area contributed by atoms with Gasteiger partial charge >= 0.3 is 36.0 Å². The summed E-state index contributed by atoms with van der Waals surface area (Å²) in [5, 5.41) is 0. The molecular weight excluding hydrogens is 1020 g/mol. The van der Waals surface area contributed by atoms with Gasteiger partial charge in [-0.25, -0.2) is 4.79 Å². The molecule has 0 radical (unpaired) electrons. The first-order valence-corrected chi connectivity index (χ1v) is 31.4. The Morgan fingerprint density at radius 2 is 0.975 bits per heavy atom. The fraction of sp³-hybridized carbons (Fsp3) is 0.773. The van der Waals surface area contributed by atoms with Crippen molar-refractivity contribution in [3.8, 4) is 11.5 Å². The zero-order valence-corrected chi connectivity index (χ0v) is 51.6. The van der Waals surface area contributed by atoms with Crippen LogP contribution in [0.15, 0.2) is 11.6 Å². The standard InChI is InChI=1S/C66H108O14/c1-11-13-15-17-19-21-23-25-27-29-31-33-35-37-59(69)76-46-54(47-77-60(70)38-36-34-32-30-28-26-24-22-20-18-16-14-12-2)78-64(71)51(6)49(4)45-50(5)52(7)65(72)80-66(73)79-63-56(41-39-48(3)40-44-58(68)74-9)62(75-10)53(8)55-42-43-57(67)61(55)63/h39,49-52,54H,11-38,40-47H2,1-10H3/b48-39+. The van der Waals surface area contributed by atoms with E-state index in [4.69, 9.17) is 33.2 Å². The molecule has 0 amide bonds. The molecule has 14 nitrogen and oxygen atoms in total. The summed E-state index contributed by atoms with van der Waals surface area (Å²) in [5.41, 5.74) is 3.02. The van der Waals surface area contributed by atoms with Crippen LogP contribution in [0.1, 0.15) is 281 Å². The van der Waals surface area contributed by atoms with Crippen LogP contribution in [-0.2, 0) is 60.5 Å². The highest BCUT2D eigenvalue weighted by Gasteiger charge is 2.35. The molecule has 0 bridgehead atoms. The molecule has 1 aromatic carbocycles. The van der Waals surface area contributed by atoms with E-state index in [1.165, 1.54) is 130 Å². The van der Waals surface area contributed by atoms with E-state index in [-0.39, 0.29) is 92.2 Å². The van der Waals surface area contributed by atoms with Crippen LogP contribution in [0, 0.1) is 30.6 Å². The molecule has 2 rings (SSSR count). The molecule has 456 valence electrons.